The van der Waals surface area contributed by atoms with Crippen molar-refractivity contribution in [2.45, 2.75) is 84.4 Å². The van der Waals surface area contributed by atoms with E-state index in [1.54, 1.807) is 6.92 Å². The summed E-state index contributed by atoms with van der Waals surface area (Å²) in [6, 6.07) is 0. The van der Waals surface area contributed by atoms with Crippen molar-refractivity contribution in [3.63, 3.8) is 0 Å². The van der Waals surface area contributed by atoms with Crippen LogP contribution in [0.3, 0.4) is 0 Å². The average Bonchev–Trinajstić information content (AvgIpc) is 2.31. The summed E-state index contributed by atoms with van der Waals surface area (Å²) < 4.78 is 6.17. The molecular formula is C16H32O2Si. The summed E-state index contributed by atoms with van der Waals surface area (Å²) in [6.45, 7) is 21.0. The third kappa shape index (κ3) is 3.71. The number of hydrogen-bond donors (Lipinski definition) is 0. The minimum Gasteiger partial charge on any atom is -0.515 e. The zero-order chi connectivity index (χ0) is 15.4. The average molecular weight is 285 g/mol. The SMILES string of the molecule is C=C(C)C(=O)O[Si](C(C)CC)(C(C)CC)C(C)(C)C. The highest BCUT2D eigenvalue weighted by Gasteiger charge is 2.56. The van der Waals surface area contributed by atoms with E-state index in [4.69, 9.17) is 4.43 Å². The van der Waals surface area contributed by atoms with Crippen molar-refractivity contribution in [1.82, 2.24) is 0 Å². The van der Waals surface area contributed by atoms with Crippen LogP contribution in [0.5, 0.6) is 0 Å². The Morgan fingerprint density at radius 2 is 1.53 bits per heavy atom. The van der Waals surface area contributed by atoms with Crippen molar-refractivity contribution < 1.29 is 9.22 Å². The molecule has 2 atom stereocenters. The monoisotopic (exact) mass is 284 g/mol. The van der Waals surface area contributed by atoms with E-state index in [-0.39, 0.29) is 11.0 Å². The standard InChI is InChI=1S/C16H32O2Si/c1-10-13(5)19(14(6)11-2,16(7,8)9)18-15(17)12(3)4/h13-14H,3,10-11H2,1-2,4-9H3. The fourth-order valence-corrected chi connectivity index (χ4v) is 9.50. The Labute approximate surface area is 120 Å². The lowest BCUT2D eigenvalue weighted by Crippen LogP contribution is -2.55. The predicted octanol–water partition coefficient (Wildman–Crippen LogP) is 5.45. The van der Waals surface area contributed by atoms with Crippen molar-refractivity contribution in [3.05, 3.63) is 12.2 Å². The van der Waals surface area contributed by atoms with Gasteiger partial charge in [0.25, 0.3) is 8.32 Å². The maximum Gasteiger partial charge on any atom is 0.319 e. The van der Waals surface area contributed by atoms with Crippen LogP contribution in [0.4, 0.5) is 0 Å². The van der Waals surface area contributed by atoms with Crippen LogP contribution >= 0.6 is 0 Å². The Hall–Kier alpha value is -0.573. The van der Waals surface area contributed by atoms with Crippen LogP contribution in [0, 0.1) is 0 Å². The Kier molecular flexibility index (Phi) is 6.53. The minimum atomic E-state index is -2.24. The fraction of sp³-hybridized carbons (Fsp3) is 0.812. The van der Waals surface area contributed by atoms with Crippen molar-refractivity contribution in [1.29, 1.82) is 0 Å². The third-order valence-corrected chi connectivity index (χ3v) is 11.1. The highest BCUT2D eigenvalue weighted by atomic mass is 28.4. The molecule has 3 heteroatoms. The summed E-state index contributed by atoms with van der Waals surface area (Å²) in [6.07, 6.45) is 2.11. The van der Waals surface area contributed by atoms with E-state index in [2.05, 4.69) is 55.0 Å². The van der Waals surface area contributed by atoms with Crippen LogP contribution in [0.25, 0.3) is 0 Å². The van der Waals surface area contributed by atoms with Crippen LogP contribution in [0.2, 0.25) is 16.1 Å². The van der Waals surface area contributed by atoms with E-state index in [1.165, 1.54) is 0 Å². The van der Waals surface area contributed by atoms with Crippen molar-refractivity contribution in [3.8, 4) is 0 Å². The first-order valence-electron chi connectivity index (χ1n) is 7.43. The summed E-state index contributed by atoms with van der Waals surface area (Å²) in [4.78, 5) is 12.2. The molecule has 0 aliphatic heterocycles. The zero-order valence-electron chi connectivity index (χ0n) is 14.1. The molecular weight excluding hydrogens is 252 g/mol. The second-order valence-corrected chi connectivity index (χ2v) is 12.1. The molecule has 0 aliphatic rings. The van der Waals surface area contributed by atoms with Gasteiger partial charge in [0.2, 0.25) is 0 Å². The summed E-state index contributed by atoms with van der Waals surface area (Å²) in [5.74, 6) is -0.206. The molecule has 0 fully saturated rings. The first kappa shape index (κ1) is 18.4. The minimum absolute atomic E-state index is 0.0307. The quantitative estimate of drug-likeness (QED) is 0.479. The lowest BCUT2D eigenvalue weighted by Gasteiger charge is -2.49. The molecule has 0 aromatic rings. The molecule has 2 nitrogen and oxygen atoms in total. The van der Waals surface area contributed by atoms with Crippen LogP contribution in [0.15, 0.2) is 12.2 Å². The van der Waals surface area contributed by atoms with Gasteiger partial charge >= 0.3 is 5.97 Å². The molecule has 0 bridgehead atoms. The van der Waals surface area contributed by atoms with Gasteiger partial charge in [-0.15, -0.1) is 0 Å². The van der Waals surface area contributed by atoms with Crippen molar-refractivity contribution >= 4 is 14.3 Å². The molecule has 112 valence electrons. The van der Waals surface area contributed by atoms with Crippen molar-refractivity contribution in [2.24, 2.45) is 0 Å². The second-order valence-electron chi connectivity index (χ2n) is 6.83. The van der Waals surface area contributed by atoms with Gasteiger partial charge in [-0.2, -0.15) is 0 Å². The zero-order valence-corrected chi connectivity index (χ0v) is 15.1. The van der Waals surface area contributed by atoms with Gasteiger partial charge in [-0.05, 0) is 23.0 Å². The van der Waals surface area contributed by atoms with Gasteiger partial charge in [0.15, 0.2) is 0 Å². The molecule has 0 heterocycles. The first-order valence-corrected chi connectivity index (χ1v) is 9.49. The van der Waals surface area contributed by atoms with Gasteiger partial charge in [0.05, 0.1) is 0 Å². The van der Waals surface area contributed by atoms with Gasteiger partial charge in [0, 0.05) is 5.57 Å². The molecule has 0 amide bonds. The molecule has 0 rings (SSSR count). The van der Waals surface area contributed by atoms with Gasteiger partial charge in [-0.1, -0.05) is 67.9 Å². The molecule has 0 spiro atoms. The molecule has 0 saturated heterocycles. The molecule has 0 aromatic carbocycles. The smallest absolute Gasteiger partial charge is 0.319 e. The highest BCUT2D eigenvalue weighted by Crippen LogP contribution is 2.53. The molecule has 0 radical (unpaired) electrons. The van der Waals surface area contributed by atoms with Gasteiger partial charge in [-0.3, -0.25) is 0 Å². The largest absolute Gasteiger partial charge is 0.515 e. The Balaban J connectivity index is 5.77. The fourth-order valence-electron chi connectivity index (χ4n) is 3.17. The van der Waals surface area contributed by atoms with E-state index >= 15 is 0 Å². The number of carbonyl (C=O) groups is 1. The molecule has 2 unspecified atom stereocenters. The molecule has 0 aromatic heterocycles. The van der Waals surface area contributed by atoms with E-state index in [1.807, 2.05) is 0 Å². The van der Waals surface area contributed by atoms with Crippen LogP contribution < -0.4 is 0 Å². The second kappa shape index (κ2) is 6.73. The Morgan fingerprint density at radius 3 is 1.74 bits per heavy atom. The summed E-state index contributed by atoms with van der Waals surface area (Å²) in [5.41, 5.74) is 1.41. The van der Waals surface area contributed by atoms with Gasteiger partial charge in [-0.25, -0.2) is 4.79 Å². The maximum absolute atomic E-state index is 12.2. The first-order chi connectivity index (χ1) is 8.54. The van der Waals surface area contributed by atoms with Crippen LogP contribution in [0.1, 0.15) is 68.2 Å². The van der Waals surface area contributed by atoms with Crippen molar-refractivity contribution in [2.75, 3.05) is 0 Å². The maximum atomic E-state index is 12.2. The highest BCUT2D eigenvalue weighted by molar-refractivity contribution is 6.80. The topological polar surface area (TPSA) is 26.3 Å². The van der Waals surface area contributed by atoms with Gasteiger partial charge < -0.3 is 4.43 Å². The van der Waals surface area contributed by atoms with E-state index in [9.17, 15) is 4.79 Å². The number of rotatable bonds is 6. The number of hydrogen-bond acceptors (Lipinski definition) is 2. The van der Waals surface area contributed by atoms with Gasteiger partial charge in [0.1, 0.15) is 0 Å². The molecule has 19 heavy (non-hydrogen) atoms. The lowest BCUT2D eigenvalue weighted by atomic mass is 10.2. The summed E-state index contributed by atoms with van der Waals surface area (Å²) in [7, 11) is -2.24. The normalized spacial score (nSPS) is 18.3. The lowest BCUT2D eigenvalue weighted by molar-refractivity contribution is -0.131. The Bertz CT molecular complexity index is 318. The summed E-state index contributed by atoms with van der Waals surface area (Å²) >= 11 is 0. The van der Waals surface area contributed by atoms with E-state index in [0.717, 1.165) is 12.8 Å². The van der Waals surface area contributed by atoms with E-state index in [0.29, 0.717) is 16.7 Å². The number of carbonyl (C=O) groups excluding carboxylic acids is 1. The molecule has 0 saturated carbocycles. The summed E-state index contributed by atoms with van der Waals surface area (Å²) in [5, 5.41) is 0.0307. The molecule has 0 N–H and O–H groups in total. The van der Waals surface area contributed by atoms with Crippen LogP contribution in [-0.4, -0.2) is 14.3 Å². The Morgan fingerprint density at radius 1 is 1.16 bits per heavy atom. The third-order valence-electron chi connectivity index (χ3n) is 4.47. The van der Waals surface area contributed by atoms with Crippen LogP contribution in [-0.2, 0) is 9.22 Å². The predicted molar refractivity (Wildman–Crippen MR) is 85.8 cm³/mol. The molecule has 0 aliphatic carbocycles. The van der Waals surface area contributed by atoms with E-state index < -0.39 is 8.32 Å².